The van der Waals surface area contributed by atoms with E-state index in [0.29, 0.717) is 0 Å². The number of rotatable bonds is 10. The Morgan fingerprint density at radius 1 is 1.35 bits per heavy atom. The lowest BCUT2D eigenvalue weighted by atomic mass is 10.1. The van der Waals surface area contributed by atoms with E-state index in [-0.39, 0.29) is 42.7 Å². The standard InChI is InChI=1S/C18H23FN2O5/c1-4-7-26-10-15(18(24)25)21-17(23)12-5-6-14(13(19)9-12)20-16(22)8-11(2)3/h4-6,9,11,15H,1,7-8,10H2,2-3H3,(H,20,22)(H,21,23)(H,24,25). The van der Waals surface area contributed by atoms with Crippen molar-refractivity contribution >= 4 is 23.5 Å². The molecule has 1 unspecified atom stereocenters. The Morgan fingerprint density at radius 2 is 2.04 bits per heavy atom. The molecule has 0 aliphatic heterocycles. The summed E-state index contributed by atoms with van der Waals surface area (Å²) in [7, 11) is 0. The monoisotopic (exact) mass is 366 g/mol. The molecule has 142 valence electrons. The van der Waals surface area contributed by atoms with Gasteiger partial charge in [0.25, 0.3) is 5.91 Å². The van der Waals surface area contributed by atoms with Gasteiger partial charge in [0.1, 0.15) is 5.82 Å². The van der Waals surface area contributed by atoms with E-state index >= 15 is 0 Å². The number of hydrogen-bond acceptors (Lipinski definition) is 4. The van der Waals surface area contributed by atoms with Gasteiger partial charge < -0.3 is 20.5 Å². The van der Waals surface area contributed by atoms with Crippen LogP contribution in [0.5, 0.6) is 0 Å². The normalized spacial score (nSPS) is 11.7. The number of benzene rings is 1. The van der Waals surface area contributed by atoms with Gasteiger partial charge in [-0.25, -0.2) is 9.18 Å². The fraction of sp³-hybridized carbons (Fsp3) is 0.389. The van der Waals surface area contributed by atoms with E-state index in [0.717, 1.165) is 6.07 Å². The molecule has 0 bridgehead atoms. The van der Waals surface area contributed by atoms with Crippen molar-refractivity contribution in [2.24, 2.45) is 5.92 Å². The molecule has 0 spiro atoms. The minimum atomic E-state index is -1.28. The van der Waals surface area contributed by atoms with E-state index in [4.69, 9.17) is 9.84 Å². The van der Waals surface area contributed by atoms with Gasteiger partial charge in [-0.3, -0.25) is 9.59 Å². The summed E-state index contributed by atoms with van der Waals surface area (Å²) in [6.45, 7) is 7.04. The van der Waals surface area contributed by atoms with Crippen molar-refractivity contribution in [2.75, 3.05) is 18.5 Å². The van der Waals surface area contributed by atoms with Crippen LogP contribution in [0.15, 0.2) is 30.9 Å². The Morgan fingerprint density at radius 3 is 2.58 bits per heavy atom. The van der Waals surface area contributed by atoms with E-state index in [1.807, 2.05) is 13.8 Å². The van der Waals surface area contributed by atoms with Crippen LogP contribution >= 0.6 is 0 Å². The predicted octanol–water partition coefficient (Wildman–Crippen LogP) is 2.20. The third-order valence-corrected chi connectivity index (χ3v) is 3.22. The number of carbonyl (C=O) groups is 3. The third kappa shape index (κ3) is 7.02. The number of amides is 2. The van der Waals surface area contributed by atoms with Crippen molar-refractivity contribution in [3.8, 4) is 0 Å². The van der Waals surface area contributed by atoms with Gasteiger partial charge in [-0.05, 0) is 24.1 Å². The molecule has 0 fully saturated rings. The molecule has 0 saturated heterocycles. The van der Waals surface area contributed by atoms with Gasteiger partial charge in [0.15, 0.2) is 6.04 Å². The number of carbonyl (C=O) groups excluding carboxylic acids is 2. The highest BCUT2D eigenvalue weighted by Crippen LogP contribution is 2.17. The summed E-state index contributed by atoms with van der Waals surface area (Å²) in [6, 6.07) is 2.21. The van der Waals surface area contributed by atoms with Gasteiger partial charge in [-0.15, -0.1) is 6.58 Å². The van der Waals surface area contributed by atoms with Gasteiger partial charge in [-0.2, -0.15) is 0 Å². The molecule has 3 N–H and O–H groups in total. The average molecular weight is 366 g/mol. The highest BCUT2D eigenvalue weighted by molar-refractivity contribution is 5.97. The maximum atomic E-state index is 14.1. The van der Waals surface area contributed by atoms with Crippen LogP contribution in [0, 0.1) is 11.7 Å². The molecular formula is C18H23FN2O5. The molecular weight excluding hydrogens is 343 g/mol. The molecule has 1 aromatic rings. The molecule has 8 heteroatoms. The molecule has 0 heterocycles. The first-order valence-corrected chi connectivity index (χ1v) is 8.06. The Bertz CT molecular complexity index is 676. The second-order valence-electron chi connectivity index (χ2n) is 6.03. The zero-order valence-electron chi connectivity index (χ0n) is 14.8. The van der Waals surface area contributed by atoms with Crippen LogP contribution in [-0.4, -0.2) is 42.1 Å². The summed E-state index contributed by atoms with van der Waals surface area (Å²) < 4.78 is 19.1. The maximum absolute atomic E-state index is 14.1. The zero-order chi connectivity index (χ0) is 19.7. The van der Waals surface area contributed by atoms with Gasteiger partial charge in [0, 0.05) is 12.0 Å². The van der Waals surface area contributed by atoms with Crippen LogP contribution in [0.3, 0.4) is 0 Å². The first kappa shape index (κ1) is 21.3. The van der Waals surface area contributed by atoms with Crippen molar-refractivity contribution < 1.29 is 28.6 Å². The maximum Gasteiger partial charge on any atom is 0.328 e. The summed E-state index contributed by atoms with van der Waals surface area (Å²) in [5.74, 6) is -3.04. The predicted molar refractivity (Wildman–Crippen MR) is 94.4 cm³/mol. The molecule has 0 saturated carbocycles. The Hall–Kier alpha value is -2.74. The quantitative estimate of drug-likeness (QED) is 0.435. The molecule has 2 amide bonds. The second kappa shape index (κ2) is 10.3. The van der Waals surface area contributed by atoms with Crippen LogP contribution < -0.4 is 10.6 Å². The summed E-state index contributed by atoms with van der Waals surface area (Å²) >= 11 is 0. The minimum absolute atomic E-state index is 0.0451. The summed E-state index contributed by atoms with van der Waals surface area (Å²) in [5.41, 5.74) is -0.115. The molecule has 0 aromatic heterocycles. The van der Waals surface area contributed by atoms with E-state index in [2.05, 4.69) is 17.2 Å². The lowest BCUT2D eigenvalue weighted by molar-refractivity contribution is -0.140. The van der Waals surface area contributed by atoms with Crippen LogP contribution in [0.1, 0.15) is 30.6 Å². The number of aliphatic carboxylic acids is 1. The van der Waals surface area contributed by atoms with Crippen molar-refractivity contribution in [3.05, 3.63) is 42.2 Å². The summed E-state index contributed by atoms with van der Waals surface area (Å²) in [5, 5.41) is 13.8. The fourth-order valence-corrected chi connectivity index (χ4v) is 2.02. The molecule has 0 aliphatic rings. The Kier molecular flexibility index (Phi) is 8.44. The van der Waals surface area contributed by atoms with Crippen molar-refractivity contribution in [1.29, 1.82) is 0 Å². The van der Waals surface area contributed by atoms with Gasteiger partial charge in [-0.1, -0.05) is 19.9 Å². The molecule has 0 aliphatic carbocycles. The van der Waals surface area contributed by atoms with Gasteiger partial charge >= 0.3 is 5.97 Å². The number of ether oxygens (including phenoxy) is 1. The molecule has 0 radical (unpaired) electrons. The van der Waals surface area contributed by atoms with Crippen LogP contribution in [0.2, 0.25) is 0 Å². The first-order chi connectivity index (χ1) is 12.2. The number of anilines is 1. The Labute approximate surface area is 151 Å². The second-order valence-corrected chi connectivity index (χ2v) is 6.03. The first-order valence-electron chi connectivity index (χ1n) is 8.06. The highest BCUT2D eigenvalue weighted by atomic mass is 19.1. The number of hydrogen-bond donors (Lipinski definition) is 3. The lowest BCUT2D eigenvalue weighted by Gasteiger charge is -2.15. The molecule has 1 rings (SSSR count). The number of carboxylic acids is 1. The number of halogens is 1. The number of carboxylic acid groups (broad SMARTS) is 1. The SMILES string of the molecule is C=CCOCC(NC(=O)c1ccc(NC(=O)CC(C)C)c(F)c1)C(=O)O. The van der Waals surface area contributed by atoms with Crippen LogP contribution in [-0.2, 0) is 14.3 Å². The Balaban J connectivity index is 2.77. The summed E-state index contributed by atoms with van der Waals surface area (Å²) in [4.78, 5) is 35.0. The lowest BCUT2D eigenvalue weighted by Crippen LogP contribution is -2.44. The smallest absolute Gasteiger partial charge is 0.328 e. The number of nitrogens with one attached hydrogen (secondary N) is 2. The molecule has 26 heavy (non-hydrogen) atoms. The van der Waals surface area contributed by atoms with Gasteiger partial charge in [0.05, 0.1) is 18.9 Å². The van der Waals surface area contributed by atoms with Crippen molar-refractivity contribution in [3.63, 3.8) is 0 Å². The molecule has 7 nitrogen and oxygen atoms in total. The minimum Gasteiger partial charge on any atom is -0.480 e. The summed E-state index contributed by atoms with van der Waals surface area (Å²) in [6.07, 6.45) is 1.69. The van der Waals surface area contributed by atoms with E-state index in [1.54, 1.807) is 0 Å². The fourth-order valence-electron chi connectivity index (χ4n) is 2.02. The average Bonchev–Trinajstić information content (AvgIpc) is 2.54. The largest absolute Gasteiger partial charge is 0.480 e. The van der Waals surface area contributed by atoms with E-state index in [9.17, 15) is 18.8 Å². The topological polar surface area (TPSA) is 105 Å². The van der Waals surface area contributed by atoms with Crippen molar-refractivity contribution in [1.82, 2.24) is 5.32 Å². The van der Waals surface area contributed by atoms with E-state index in [1.165, 1.54) is 18.2 Å². The van der Waals surface area contributed by atoms with Crippen LogP contribution in [0.4, 0.5) is 10.1 Å². The van der Waals surface area contributed by atoms with Crippen molar-refractivity contribution in [2.45, 2.75) is 26.3 Å². The highest BCUT2D eigenvalue weighted by Gasteiger charge is 2.21. The zero-order valence-corrected chi connectivity index (χ0v) is 14.8. The van der Waals surface area contributed by atoms with Gasteiger partial charge in [0.2, 0.25) is 5.91 Å². The van der Waals surface area contributed by atoms with E-state index < -0.39 is 23.7 Å². The molecule has 1 aromatic carbocycles. The molecule has 1 atom stereocenters. The third-order valence-electron chi connectivity index (χ3n) is 3.22. The van der Waals surface area contributed by atoms with Crippen LogP contribution in [0.25, 0.3) is 0 Å².